The zero-order valence-electron chi connectivity index (χ0n) is 5.42. The maximum absolute atomic E-state index is 2.80. The molecule has 0 spiro atoms. The molecule has 0 saturated carbocycles. The van der Waals surface area contributed by atoms with Crippen molar-refractivity contribution in [3.63, 3.8) is 0 Å². The van der Waals surface area contributed by atoms with Crippen LogP contribution in [0.1, 0.15) is 10.1 Å². The number of hydrogen-bond acceptors (Lipinski definition) is 0. The van der Waals surface area contributed by atoms with Gasteiger partial charge in [-0.25, -0.2) is 0 Å². The number of rotatable bonds is 0. The molecule has 0 fully saturated rings. The molecule has 1 atom stereocenters. The van der Waals surface area contributed by atoms with E-state index in [1.165, 1.54) is 29.3 Å². The molecule has 0 aliphatic carbocycles. The van der Waals surface area contributed by atoms with E-state index in [1.807, 2.05) is 0 Å². The Morgan fingerprint density at radius 2 is 1.44 bits per heavy atom. The Bertz CT molecular complexity index is 170. The lowest BCUT2D eigenvalue weighted by molar-refractivity contribution is 1.74. The van der Waals surface area contributed by atoms with E-state index in [4.69, 9.17) is 0 Å². The number of aryl methyl sites for hydroxylation is 2. The third kappa shape index (κ3) is 2.57. The Morgan fingerprint density at radius 1 is 1.00 bits per heavy atom. The van der Waals surface area contributed by atoms with E-state index in [0.29, 0.717) is 0 Å². The van der Waals surface area contributed by atoms with Crippen molar-refractivity contribution in [3.05, 3.63) is 10.1 Å². The quantitative estimate of drug-likeness (QED) is 0.551. The monoisotopic (exact) mass is 192 g/mol. The maximum Gasteiger partial charge on any atom is 0.0249 e. The van der Waals surface area contributed by atoms with E-state index >= 15 is 0 Å². The van der Waals surface area contributed by atoms with E-state index in [0.717, 1.165) is 0 Å². The van der Waals surface area contributed by atoms with Gasteiger partial charge in [-0.2, -0.15) is 0 Å². The maximum atomic E-state index is 2.80. The van der Waals surface area contributed by atoms with Gasteiger partial charge in [-0.1, -0.05) is 33.8 Å². The Kier molecular flexibility index (Phi) is 3.01. The predicted octanol–water partition coefficient (Wildman–Crippen LogP) is 3.54. The SMILES string of the molecule is Cc1pc(C)pc(P)p1. The van der Waals surface area contributed by atoms with E-state index in [1.54, 1.807) is 10.1 Å². The fraction of sp³-hybridized carbons (Fsp3) is 0.400. The van der Waals surface area contributed by atoms with Gasteiger partial charge >= 0.3 is 0 Å². The normalized spacial score (nSPS) is 12.3. The van der Waals surface area contributed by atoms with Crippen LogP contribution in [0.15, 0.2) is 0 Å². The van der Waals surface area contributed by atoms with E-state index in [9.17, 15) is 0 Å². The second-order valence-corrected chi connectivity index (χ2v) is 8.71. The molecule has 0 aliphatic heterocycles. The minimum absolute atomic E-state index is 1.44. The van der Waals surface area contributed by atoms with Gasteiger partial charge in [0, 0.05) is 14.8 Å². The fourth-order valence-electron chi connectivity index (χ4n) is 0.641. The van der Waals surface area contributed by atoms with Gasteiger partial charge in [0.1, 0.15) is 0 Å². The summed E-state index contributed by atoms with van der Waals surface area (Å²) in [5, 5.41) is 3.10. The van der Waals surface area contributed by atoms with Crippen molar-refractivity contribution < 1.29 is 0 Å². The zero-order valence-corrected chi connectivity index (χ0v) is 9.26. The lowest BCUT2D eigenvalue weighted by atomic mass is 11.0. The molecule has 0 radical (unpaired) electrons. The van der Waals surface area contributed by atoms with Crippen LogP contribution in [0.2, 0.25) is 0 Å². The highest BCUT2D eigenvalue weighted by Crippen LogP contribution is 2.31. The molecule has 9 heavy (non-hydrogen) atoms. The minimum Gasteiger partial charge on any atom is -0.0954 e. The molecule has 0 nitrogen and oxygen atoms in total. The highest BCUT2D eigenvalue weighted by molar-refractivity contribution is 7.74. The molecule has 0 amide bonds. The van der Waals surface area contributed by atoms with Crippen LogP contribution in [-0.4, -0.2) is 0 Å². The van der Waals surface area contributed by atoms with Crippen LogP contribution in [0.4, 0.5) is 0 Å². The summed E-state index contributed by atoms with van der Waals surface area (Å²) in [5.74, 6) is 0. The lowest BCUT2D eigenvalue weighted by Gasteiger charge is -1.94. The summed E-state index contributed by atoms with van der Waals surface area (Å²) in [6.07, 6.45) is 0. The first-order chi connectivity index (χ1) is 4.18. The Labute approximate surface area is 63.0 Å². The Hall–Kier alpha value is 0.940. The molecule has 1 aromatic heterocycles. The van der Waals surface area contributed by atoms with Gasteiger partial charge in [0.15, 0.2) is 0 Å². The predicted molar refractivity (Wildman–Crippen MR) is 52.8 cm³/mol. The molecular weight excluding hydrogens is 184 g/mol. The van der Waals surface area contributed by atoms with Gasteiger partial charge < -0.3 is 0 Å². The molecule has 1 unspecified atom stereocenters. The van der Waals surface area contributed by atoms with Crippen molar-refractivity contribution in [1.82, 2.24) is 0 Å². The molecule has 4 heteroatoms. The van der Waals surface area contributed by atoms with Crippen LogP contribution in [0.3, 0.4) is 0 Å². The first-order valence-corrected chi connectivity index (χ1v) is 5.89. The van der Waals surface area contributed by atoms with Gasteiger partial charge in [0.05, 0.1) is 0 Å². The van der Waals surface area contributed by atoms with Crippen LogP contribution in [0.25, 0.3) is 0 Å². The van der Waals surface area contributed by atoms with E-state index in [2.05, 4.69) is 23.1 Å². The molecule has 0 bridgehead atoms. The van der Waals surface area contributed by atoms with Crippen molar-refractivity contribution in [2.24, 2.45) is 0 Å². The molecule has 1 rings (SSSR count). The van der Waals surface area contributed by atoms with Crippen molar-refractivity contribution in [2.45, 2.75) is 13.8 Å². The van der Waals surface area contributed by atoms with Crippen LogP contribution in [-0.2, 0) is 0 Å². The second kappa shape index (κ2) is 3.37. The highest BCUT2D eigenvalue weighted by atomic mass is 31.1. The van der Waals surface area contributed by atoms with Crippen LogP contribution >= 0.6 is 33.8 Å². The van der Waals surface area contributed by atoms with Crippen LogP contribution < -0.4 is 4.77 Å². The van der Waals surface area contributed by atoms with Crippen molar-refractivity contribution in [1.29, 1.82) is 0 Å². The van der Waals surface area contributed by atoms with Gasteiger partial charge in [-0.05, 0) is 13.8 Å². The van der Waals surface area contributed by atoms with Crippen molar-refractivity contribution in [3.8, 4) is 0 Å². The topological polar surface area (TPSA) is 0 Å². The third-order valence-corrected chi connectivity index (χ3v) is 5.20. The summed E-state index contributed by atoms with van der Waals surface area (Å²) in [6, 6.07) is 0. The van der Waals surface area contributed by atoms with Crippen LogP contribution in [0, 0.1) is 13.8 Å². The zero-order chi connectivity index (χ0) is 6.85. The average molecular weight is 192 g/mol. The summed E-state index contributed by atoms with van der Waals surface area (Å²) in [7, 11) is 7.15. The number of hydrogen-bond donors (Lipinski definition) is 0. The van der Waals surface area contributed by atoms with Crippen molar-refractivity contribution in [2.75, 3.05) is 0 Å². The van der Waals surface area contributed by atoms with E-state index < -0.39 is 0 Å². The second-order valence-electron chi connectivity index (χ2n) is 1.79. The molecule has 1 heterocycles. The lowest BCUT2D eigenvalue weighted by Crippen LogP contribution is -1.71. The highest BCUT2D eigenvalue weighted by Gasteiger charge is 1.90. The Morgan fingerprint density at radius 3 is 1.78 bits per heavy atom. The molecule has 0 N–H and O–H groups in total. The smallest absolute Gasteiger partial charge is 0.0249 e. The molecular formula is C5H8P4. The first-order valence-electron chi connectivity index (χ1n) is 2.63. The van der Waals surface area contributed by atoms with Gasteiger partial charge in [0.2, 0.25) is 0 Å². The fourth-order valence-corrected chi connectivity index (χ4v) is 7.34. The summed E-state index contributed by atoms with van der Waals surface area (Å²) in [6.45, 7) is 4.43. The summed E-state index contributed by atoms with van der Waals surface area (Å²) >= 11 is 0. The summed E-state index contributed by atoms with van der Waals surface area (Å²) in [5.41, 5.74) is 0. The minimum atomic E-state index is 1.44. The van der Waals surface area contributed by atoms with Crippen molar-refractivity contribution >= 4 is 38.6 Å². The first kappa shape index (κ1) is 8.04. The molecule has 0 saturated heterocycles. The van der Waals surface area contributed by atoms with Gasteiger partial charge in [-0.3, -0.25) is 0 Å². The third-order valence-electron chi connectivity index (χ3n) is 0.876. The largest absolute Gasteiger partial charge is 0.0954 e. The molecule has 48 valence electrons. The summed E-state index contributed by atoms with van der Waals surface area (Å²) in [4.78, 5) is 0. The van der Waals surface area contributed by atoms with E-state index in [-0.39, 0.29) is 0 Å². The molecule has 0 aliphatic rings. The average Bonchev–Trinajstić information content (AvgIpc) is 1.59. The standard InChI is InChI=1S/C5H8P4/c1-3-7-4(2)9-5(6)8-3/h6H2,1-2H3. The molecule has 1 aromatic rings. The Balaban J connectivity index is 3.17. The van der Waals surface area contributed by atoms with Crippen LogP contribution in [0.5, 0.6) is 0 Å². The van der Waals surface area contributed by atoms with Gasteiger partial charge in [-0.15, -0.1) is 0 Å². The summed E-state index contributed by atoms with van der Waals surface area (Å²) < 4.78 is 1.49. The van der Waals surface area contributed by atoms with Gasteiger partial charge in [0.25, 0.3) is 0 Å². The molecule has 0 aromatic carbocycles.